The number of halogens is 3. The van der Waals surface area contributed by atoms with Gasteiger partial charge in [-0.2, -0.15) is 23.7 Å². The number of thiophene rings is 1. The lowest BCUT2D eigenvalue weighted by Gasteiger charge is -2.10. The van der Waals surface area contributed by atoms with Crippen LogP contribution in [-0.2, 0) is 23.8 Å². The van der Waals surface area contributed by atoms with Gasteiger partial charge in [-0.15, -0.1) is 11.3 Å². The van der Waals surface area contributed by atoms with E-state index in [0.29, 0.717) is 11.1 Å². The second-order valence-corrected chi connectivity index (χ2v) is 9.45. The molecule has 3 aromatic rings. The summed E-state index contributed by atoms with van der Waals surface area (Å²) in [6, 6.07) is 10.3. The second kappa shape index (κ2) is 9.44. The number of nitriles is 2. The number of fused-ring (bicyclic) bond motifs is 1. The van der Waals surface area contributed by atoms with Crippen LogP contribution in [0.3, 0.4) is 0 Å². The molecule has 178 valence electrons. The van der Waals surface area contributed by atoms with E-state index in [-0.39, 0.29) is 11.3 Å². The topological polar surface area (TPSA) is 81.6 Å². The number of hydrogen-bond donors (Lipinski definition) is 1. The molecule has 1 aliphatic carbocycles. The van der Waals surface area contributed by atoms with E-state index in [4.69, 9.17) is 0 Å². The van der Waals surface area contributed by atoms with E-state index in [1.807, 2.05) is 30.6 Å². The molecule has 0 spiro atoms. The van der Waals surface area contributed by atoms with E-state index in [9.17, 15) is 28.5 Å². The molecule has 1 N–H and O–H groups in total. The number of nitrogens with zero attached hydrogens (tertiary/aromatic N) is 3. The first-order valence-electron chi connectivity index (χ1n) is 11.0. The molecule has 0 aliphatic heterocycles. The summed E-state index contributed by atoms with van der Waals surface area (Å²) in [5.41, 5.74) is 2.82. The number of rotatable bonds is 4. The number of carbonyl (C=O) groups excluding carboxylic acids is 1. The SMILES string of the molecule is Cc1cc(/C=C(/C#N)C(=O)Nc2cccc(C(F)(F)F)c2)c(C)n1-c1sc2c(c1C#N)CCCC2. The first-order chi connectivity index (χ1) is 16.6. The highest BCUT2D eigenvalue weighted by molar-refractivity contribution is 7.15. The Morgan fingerprint density at radius 1 is 1.17 bits per heavy atom. The molecule has 1 aliphatic rings. The normalized spacial score (nSPS) is 13.6. The Labute approximate surface area is 204 Å². The zero-order chi connectivity index (χ0) is 25.3. The Morgan fingerprint density at radius 2 is 1.91 bits per heavy atom. The summed E-state index contributed by atoms with van der Waals surface area (Å²) >= 11 is 1.60. The van der Waals surface area contributed by atoms with Crippen LogP contribution in [-0.4, -0.2) is 10.5 Å². The summed E-state index contributed by atoms with van der Waals surface area (Å²) in [7, 11) is 0. The van der Waals surface area contributed by atoms with E-state index < -0.39 is 17.6 Å². The fourth-order valence-electron chi connectivity index (χ4n) is 4.35. The number of hydrogen-bond acceptors (Lipinski definition) is 4. The zero-order valence-electron chi connectivity index (χ0n) is 19.1. The van der Waals surface area contributed by atoms with Crippen LogP contribution >= 0.6 is 11.3 Å². The Morgan fingerprint density at radius 3 is 2.60 bits per heavy atom. The van der Waals surface area contributed by atoms with Gasteiger partial charge in [0.15, 0.2) is 0 Å². The van der Waals surface area contributed by atoms with Crippen molar-refractivity contribution >= 4 is 29.0 Å². The highest BCUT2D eigenvalue weighted by Crippen LogP contribution is 2.38. The van der Waals surface area contributed by atoms with Crippen LogP contribution in [0.1, 0.15) is 51.4 Å². The Bertz CT molecular complexity index is 1430. The molecule has 4 rings (SSSR count). The van der Waals surface area contributed by atoms with Crippen molar-refractivity contribution in [3.8, 4) is 17.1 Å². The number of alkyl halides is 3. The van der Waals surface area contributed by atoms with Crippen molar-refractivity contribution in [3.63, 3.8) is 0 Å². The molecule has 1 aromatic carbocycles. The molecule has 1 amide bonds. The average Bonchev–Trinajstić information content (AvgIpc) is 3.32. The van der Waals surface area contributed by atoms with Crippen molar-refractivity contribution in [1.29, 1.82) is 10.5 Å². The maximum absolute atomic E-state index is 13.0. The Balaban J connectivity index is 1.67. The smallest absolute Gasteiger partial charge is 0.321 e. The summed E-state index contributed by atoms with van der Waals surface area (Å²) in [4.78, 5) is 13.9. The lowest BCUT2D eigenvalue weighted by Crippen LogP contribution is -2.14. The summed E-state index contributed by atoms with van der Waals surface area (Å²) in [5.74, 6) is -0.805. The van der Waals surface area contributed by atoms with Gasteiger partial charge in [-0.1, -0.05) is 6.07 Å². The van der Waals surface area contributed by atoms with Gasteiger partial charge >= 0.3 is 6.18 Å². The number of aromatic nitrogens is 1. The average molecular weight is 495 g/mol. The molecule has 5 nitrogen and oxygen atoms in total. The number of aryl methyl sites for hydroxylation is 2. The van der Waals surface area contributed by atoms with Crippen molar-refractivity contribution in [3.05, 3.63) is 74.4 Å². The second-order valence-electron chi connectivity index (χ2n) is 8.37. The molecular weight excluding hydrogens is 473 g/mol. The highest BCUT2D eigenvalue weighted by Gasteiger charge is 2.30. The van der Waals surface area contributed by atoms with E-state index in [1.165, 1.54) is 23.1 Å². The predicted molar refractivity (Wildman–Crippen MR) is 128 cm³/mol. The maximum Gasteiger partial charge on any atom is 0.416 e. The molecule has 0 atom stereocenters. The van der Waals surface area contributed by atoms with Gasteiger partial charge in [-0.25, -0.2) is 0 Å². The number of nitrogens with one attached hydrogen (secondary N) is 1. The molecule has 2 heterocycles. The molecule has 0 fully saturated rings. The Hall–Kier alpha value is -3.82. The minimum atomic E-state index is -4.55. The largest absolute Gasteiger partial charge is 0.416 e. The Kier molecular flexibility index (Phi) is 6.56. The fraction of sp³-hybridized carbons (Fsp3) is 0.269. The van der Waals surface area contributed by atoms with E-state index in [2.05, 4.69) is 11.4 Å². The number of anilines is 1. The van der Waals surface area contributed by atoms with Crippen molar-refractivity contribution in [1.82, 2.24) is 4.57 Å². The van der Waals surface area contributed by atoms with Gasteiger partial charge in [0, 0.05) is 22.0 Å². The van der Waals surface area contributed by atoms with E-state index >= 15 is 0 Å². The fourth-order valence-corrected chi connectivity index (χ4v) is 5.80. The van der Waals surface area contributed by atoms with E-state index in [0.717, 1.165) is 59.8 Å². The predicted octanol–water partition coefficient (Wildman–Crippen LogP) is 6.47. The molecular formula is C26H21F3N4OS. The van der Waals surface area contributed by atoms with Crippen molar-refractivity contribution in [2.75, 3.05) is 5.32 Å². The minimum Gasteiger partial charge on any atom is -0.321 e. The van der Waals surface area contributed by atoms with Gasteiger partial charge < -0.3 is 9.88 Å². The summed E-state index contributed by atoms with van der Waals surface area (Å²) < 4.78 is 40.9. The van der Waals surface area contributed by atoms with Gasteiger partial charge in [-0.05, 0) is 81.0 Å². The molecule has 0 bridgehead atoms. The van der Waals surface area contributed by atoms with Crippen LogP contribution in [0.25, 0.3) is 11.1 Å². The van der Waals surface area contributed by atoms with Crippen LogP contribution in [0.15, 0.2) is 35.9 Å². The third-order valence-electron chi connectivity index (χ3n) is 6.05. The number of amides is 1. The maximum atomic E-state index is 13.0. The van der Waals surface area contributed by atoms with Gasteiger partial charge in [0.1, 0.15) is 22.7 Å². The molecule has 2 aromatic heterocycles. The summed E-state index contributed by atoms with van der Waals surface area (Å²) in [5, 5.41) is 22.6. The van der Waals surface area contributed by atoms with E-state index in [1.54, 1.807) is 11.3 Å². The van der Waals surface area contributed by atoms with Crippen molar-refractivity contribution in [2.24, 2.45) is 0 Å². The van der Waals surface area contributed by atoms with Crippen molar-refractivity contribution in [2.45, 2.75) is 45.7 Å². The molecule has 0 saturated heterocycles. The van der Waals surface area contributed by atoms with Crippen LogP contribution in [0.5, 0.6) is 0 Å². The highest BCUT2D eigenvalue weighted by atomic mass is 32.1. The standard InChI is InChI=1S/C26H21F3N4OS/c1-15-10-17(16(2)33(15)25-22(14-31)21-8-3-4-9-23(21)35-25)11-18(13-30)24(34)32-20-7-5-6-19(12-20)26(27,28)29/h5-7,10-12H,3-4,8-9H2,1-2H3,(H,32,34)/b18-11-. The first kappa shape index (κ1) is 24.3. The van der Waals surface area contributed by atoms with Gasteiger partial charge in [-0.3, -0.25) is 4.79 Å². The molecule has 0 unspecified atom stereocenters. The lowest BCUT2D eigenvalue weighted by molar-refractivity contribution is -0.137. The minimum absolute atomic E-state index is 0.0562. The van der Waals surface area contributed by atoms with Crippen LogP contribution < -0.4 is 5.32 Å². The molecule has 9 heteroatoms. The van der Waals surface area contributed by atoms with Gasteiger partial charge in [0.05, 0.1) is 11.1 Å². The summed E-state index contributed by atoms with van der Waals surface area (Å²) in [6.07, 6.45) is 0.866. The quantitative estimate of drug-likeness (QED) is 0.333. The monoisotopic (exact) mass is 494 g/mol. The summed E-state index contributed by atoms with van der Waals surface area (Å²) in [6.45, 7) is 3.73. The lowest BCUT2D eigenvalue weighted by atomic mass is 9.96. The number of carbonyl (C=O) groups is 1. The van der Waals surface area contributed by atoms with Gasteiger partial charge in [0.2, 0.25) is 0 Å². The number of benzene rings is 1. The van der Waals surface area contributed by atoms with Gasteiger partial charge in [0.25, 0.3) is 5.91 Å². The zero-order valence-corrected chi connectivity index (χ0v) is 19.9. The third kappa shape index (κ3) is 4.73. The third-order valence-corrected chi connectivity index (χ3v) is 7.33. The van der Waals surface area contributed by atoms with Crippen molar-refractivity contribution < 1.29 is 18.0 Å². The van der Waals surface area contributed by atoms with Crippen LogP contribution in [0.2, 0.25) is 0 Å². The molecule has 35 heavy (non-hydrogen) atoms. The molecule has 0 saturated carbocycles. The molecule has 0 radical (unpaired) electrons. The van der Waals surface area contributed by atoms with Crippen LogP contribution in [0.4, 0.5) is 18.9 Å². The first-order valence-corrected chi connectivity index (χ1v) is 11.8. The van der Waals surface area contributed by atoms with Crippen LogP contribution in [0, 0.1) is 36.5 Å².